The Balaban J connectivity index is 2.53. The minimum atomic E-state index is -1.17. The van der Waals surface area contributed by atoms with Crippen LogP contribution in [0.2, 0.25) is 0 Å². The van der Waals surface area contributed by atoms with Crippen LogP contribution in [0.4, 0.5) is 5.95 Å². The Bertz CT molecular complexity index is 813. The van der Waals surface area contributed by atoms with E-state index in [1.807, 2.05) is 6.92 Å². The number of rotatable bonds is 5. The third-order valence-electron chi connectivity index (χ3n) is 3.62. The number of hydrogen-bond donors (Lipinski definition) is 4. The summed E-state index contributed by atoms with van der Waals surface area (Å²) in [5, 5.41) is 9.58. The van der Waals surface area contributed by atoms with Crippen molar-refractivity contribution in [2.24, 2.45) is 11.7 Å². The number of nitrogens with zero attached hydrogens (tertiary/aromatic N) is 2. The number of nitrogen functional groups attached to an aromatic ring is 1. The number of aliphatic hydroxyl groups excluding tert-OH is 1. The molecule has 7 nitrogen and oxygen atoms in total. The van der Waals surface area contributed by atoms with E-state index >= 15 is 0 Å². The van der Waals surface area contributed by atoms with Crippen molar-refractivity contribution in [3.05, 3.63) is 29.2 Å². The predicted octanol–water partition coefficient (Wildman–Crippen LogP) is 0.127. The van der Waals surface area contributed by atoms with Crippen LogP contribution in [0.1, 0.15) is 13.3 Å². The van der Waals surface area contributed by atoms with Crippen LogP contribution in [-0.4, -0.2) is 31.8 Å². The second-order valence-corrected chi connectivity index (χ2v) is 5.43. The average molecular weight is 301 g/mol. The van der Waals surface area contributed by atoms with Crippen molar-refractivity contribution in [1.82, 2.24) is 14.5 Å². The zero-order chi connectivity index (χ0) is 16.5. The summed E-state index contributed by atoms with van der Waals surface area (Å²) in [6.45, 7) is 5.76. The normalized spacial score (nSPS) is 15.2. The lowest BCUT2D eigenvalue weighted by atomic mass is 9.87. The molecule has 6 N–H and O–H groups in total. The van der Waals surface area contributed by atoms with Crippen molar-refractivity contribution in [2.45, 2.75) is 18.9 Å². The first-order valence-corrected chi connectivity index (χ1v) is 6.76. The van der Waals surface area contributed by atoms with Gasteiger partial charge in [0.2, 0.25) is 5.95 Å². The van der Waals surface area contributed by atoms with Crippen LogP contribution in [0.15, 0.2) is 23.6 Å². The summed E-state index contributed by atoms with van der Waals surface area (Å²) in [5.41, 5.74) is 11.1. The van der Waals surface area contributed by atoms with E-state index in [0.29, 0.717) is 23.2 Å². The standard InChI is InChI=1S/C15H19N5O2/c1-4-15(17,7-9(2)8-21)10(3)20-6-5-11-12(20)18-14(16)19-13(11)22/h1,5-6,9,21H,3,7-8,17H2,2H3,(H3,16,18,19,22). The van der Waals surface area contributed by atoms with Gasteiger partial charge in [0.1, 0.15) is 5.54 Å². The van der Waals surface area contributed by atoms with Gasteiger partial charge in [-0.15, -0.1) is 6.42 Å². The van der Waals surface area contributed by atoms with E-state index in [1.165, 1.54) is 0 Å². The first kappa shape index (κ1) is 15.8. The van der Waals surface area contributed by atoms with Gasteiger partial charge < -0.3 is 21.1 Å². The summed E-state index contributed by atoms with van der Waals surface area (Å²) >= 11 is 0. The van der Waals surface area contributed by atoms with E-state index in [0.717, 1.165) is 0 Å². The maximum atomic E-state index is 11.9. The van der Waals surface area contributed by atoms with Crippen LogP contribution in [0.25, 0.3) is 16.7 Å². The van der Waals surface area contributed by atoms with Gasteiger partial charge in [0, 0.05) is 18.5 Å². The fourth-order valence-corrected chi connectivity index (χ4v) is 2.35. The van der Waals surface area contributed by atoms with Gasteiger partial charge in [0.05, 0.1) is 5.39 Å². The summed E-state index contributed by atoms with van der Waals surface area (Å²) in [5.74, 6) is 2.43. The highest BCUT2D eigenvalue weighted by Gasteiger charge is 2.30. The van der Waals surface area contributed by atoms with Gasteiger partial charge in [0.15, 0.2) is 5.65 Å². The van der Waals surface area contributed by atoms with E-state index in [2.05, 4.69) is 22.5 Å². The highest BCUT2D eigenvalue weighted by atomic mass is 16.3. The van der Waals surface area contributed by atoms with Crippen LogP contribution in [-0.2, 0) is 0 Å². The monoisotopic (exact) mass is 301 g/mol. The largest absolute Gasteiger partial charge is 0.396 e. The Labute approximate surface area is 127 Å². The third kappa shape index (κ3) is 2.62. The maximum Gasteiger partial charge on any atom is 0.261 e. The molecule has 0 radical (unpaired) electrons. The number of aliphatic hydroxyl groups is 1. The molecular formula is C15H19N5O2. The number of nitrogens with one attached hydrogen (secondary N) is 1. The van der Waals surface area contributed by atoms with Crippen molar-refractivity contribution >= 4 is 22.7 Å². The lowest BCUT2D eigenvalue weighted by molar-refractivity contribution is 0.221. The Kier molecular flexibility index (Phi) is 4.08. The Hall–Kier alpha value is -2.56. The molecule has 0 aromatic carbocycles. The molecule has 7 heteroatoms. The van der Waals surface area contributed by atoms with Crippen molar-refractivity contribution in [1.29, 1.82) is 0 Å². The summed E-state index contributed by atoms with van der Waals surface area (Å²) in [6, 6.07) is 1.60. The molecule has 2 atom stereocenters. The van der Waals surface area contributed by atoms with Gasteiger partial charge in [-0.2, -0.15) is 4.98 Å². The number of aromatic amines is 1. The average Bonchev–Trinajstić information content (AvgIpc) is 2.89. The van der Waals surface area contributed by atoms with Gasteiger partial charge in [-0.05, 0) is 18.4 Å². The zero-order valence-electron chi connectivity index (χ0n) is 12.3. The molecule has 2 aromatic rings. The number of anilines is 1. The number of nitrogens with two attached hydrogens (primary N) is 2. The molecule has 2 aromatic heterocycles. The predicted molar refractivity (Wildman–Crippen MR) is 86.7 cm³/mol. The molecule has 2 heterocycles. The fraction of sp³-hybridized carbons (Fsp3) is 0.333. The molecule has 22 heavy (non-hydrogen) atoms. The van der Waals surface area contributed by atoms with Gasteiger partial charge in [-0.25, -0.2) is 0 Å². The zero-order valence-corrected chi connectivity index (χ0v) is 12.3. The topological polar surface area (TPSA) is 123 Å². The van der Waals surface area contributed by atoms with Crippen LogP contribution in [0.3, 0.4) is 0 Å². The fourth-order valence-electron chi connectivity index (χ4n) is 2.35. The Morgan fingerprint density at radius 1 is 1.73 bits per heavy atom. The van der Waals surface area contributed by atoms with E-state index < -0.39 is 5.54 Å². The smallest absolute Gasteiger partial charge is 0.261 e. The number of hydrogen-bond acceptors (Lipinski definition) is 5. The van der Waals surface area contributed by atoms with Crippen molar-refractivity contribution in [3.8, 4) is 12.3 Å². The minimum absolute atomic E-state index is 0.00250. The van der Waals surface area contributed by atoms with Crippen LogP contribution >= 0.6 is 0 Å². The second-order valence-electron chi connectivity index (χ2n) is 5.43. The molecule has 0 aliphatic heterocycles. The maximum absolute atomic E-state index is 11.9. The summed E-state index contributed by atoms with van der Waals surface area (Å²) in [4.78, 5) is 18.4. The molecule has 2 rings (SSSR count). The van der Waals surface area contributed by atoms with E-state index in [-0.39, 0.29) is 24.0 Å². The molecule has 0 amide bonds. The minimum Gasteiger partial charge on any atom is -0.396 e. The molecule has 0 saturated heterocycles. The second kappa shape index (κ2) is 5.67. The quantitative estimate of drug-likeness (QED) is 0.584. The number of fused-ring (bicyclic) bond motifs is 1. The molecule has 116 valence electrons. The van der Waals surface area contributed by atoms with Gasteiger partial charge in [0.25, 0.3) is 5.56 Å². The van der Waals surface area contributed by atoms with Gasteiger partial charge in [-0.3, -0.25) is 9.78 Å². The molecule has 0 bridgehead atoms. The Morgan fingerprint density at radius 3 is 3.00 bits per heavy atom. The van der Waals surface area contributed by atoms with Crippen LogP contribution in [0, 0.1) is 18.3 Å². The van der Waals surface area contributed by atoms with E-state index in [1.54, 1.807) is 16.8 Å². The lowest BCUT2D eigenvalue weighted by Gasteiger charge is -2.29. The number of H-pyrrole nitrogens is 1. The third-order valence-corrected chi connectivity index (χ3v) is 3.62. The summed E-state index contributed by atoms with van der Waals surface area (Å²) in [7, 11) is 0. The molecule has 2 unspecified atom stereocenters. The molecule has 0 spiro atoms. The summed E-state index contributed by atoms with van der Waals surface area (Å²) < 4.78 is 1.56. The van der Waals surface area contributed by atoms with Gasteiger partial charge >= 0.3 is 0 Å². The van der Waals surface area contributed by atoms with Crippen molar-refractivity contribution in [3.63, 3.8) is 0 Å². The van der Waals surface area contributed by atoms with Crippen molar-refractivity contribution in [2.75, 3.05) is 12.3 Å². The highest BCUT2D eigenvalue weighted by molar-refractivity contribution is 5.81. The molecule has 0 fully saturated rings. The van der Waals surface area contributed by atoms with Crippen molar-refractivity contribution < 1.29 is 5.11 Å². The van der Waals surface area contributed by atoms with Crippen LogP contribution in [0.5, 0.6) is 0 Å². The molecular weight excluding hydrogens is 282 g/mol. The first-order chi connectivity index (χ1) is 10.3. The highest BCUT2D eigenvalue weighted by Crippen LogP contribution is 2.27. The molecule has 0 aliphatic carbocycles. The first-order valence-electron chi connectivity index (χ1n) is 6.76. The van der Waals surface area contributed by atoms with E-state index in [4.69, 9.17) is 17.9 Å². The van der Waals surface area contributed by atoms with E-state index in [9.17, 15) is 9.90 Å². The number of aromatic nitrogens is 3. The van der Waals surface area contributed by atoms with Crippen LogP contribution < -0.4 is 17.0 Å². The molecule has 0 aliphatic rings. The molecule has 0 saturated carbocycles. The lowest BCUT2D eigenvalue weighted by Crippen LogP contribution is -2.43. The summed E-state index contributed by atoms with van der Waals surface area (Å²) in [6.07, 6.45) is 7.54. The Morgan fingerprint density at radius 2 is 2.41 bits per heavy atom. The SMILES string of the molecule is C#CC(N)(CC(C)CO)C(=C)n1ccc2c(=O)[nH]c(N)nc21. The van der Waals surface area contributed by atoms with Gasteiger partial charge in [-0.1, -0.05) is 19.4 Å². The number of terminal acetylenes is 1.